The van der Waals surface area contributed by atoms with Gasteiger partial charge in [-0.2, -0.15) is 0 Å². The highest BCUT2D eigenvalue weighted by Gasteiger charge is 2.09. The molecule has 0 saturated heterocycles. The van der Waals surface area contributed by atoms with E-state index in [1.54, 1.807) is 0 Å². The summed E-state index contributed by atoms with van der Waals surface area (Å²) in [6.45, 7) is 5.75. The molecule has 0 saturated carbocycles. The van der Waals surface area contributed by atoms with Crippen molar-refractivity contribution in [3.63, 3.8) is 0 Å². The molecule has 1 amide bonds. The van der Waals surface area contributed by atoms with Crippen molar-refractivity contribution in [3.8, 4) is 0 Å². The number of carbonyl (C=O) groups excluding carboxylic acids is 1. The molecule has 1 N–H and O–H groups in total. The van der Waals surface area contributed by atoms with Crippen LogP contribution in [0.4, 0.5) is 10.1 Å². The minimum absolute atomic E-state index is 0.270. The van der Waals surface area contributed by atoms with Crippen LogP contribution in [-0.4, -0.2) is 5.91 Å². The van der Waals surface area contributed by atoms with Gasteiger partial charge in [0.2, 0.25) is 0 Å². The molecule has 2 rings (SSSR count). The van der Waals surface area contributed by atoms with Crippen LogP contribution < -0.4 is 5.32 Å². The van der Waals surface area contributed by atoms with Crippen molar-refractivity contribution < 1.29 is 9.18 Å². The molecule has 0 aliphatic heterocycles. The molecule has 2 aromatic carbocycles. The highest BCUT2D eigenvalue weighted by Crippen LogP contribution is 2.22. The van der Waals surface area contributed by atoms with Gasteiger partial charge in [-0.25, -0.2) is 4.39 Å². The van der Waals surface area contributed by atoms with E-state index in [1.165, 1.54) is 24.3 Å². The van der Waals surface area contributed by atoms with E-state index in [2.05, 4.69) is 11.9 Å². The van der Waals surface area contributed by atoms with Gasteiger partial charge in [0.25, 0.3) is 5.91 Å². The van der Waals surface area contributed by atoms with Gasteiger partial charge in [-0.3, -0.25) is 4.79 Å². The summed E-state index contributed by atoms with van der Waals surface area (Å²) in [6.07, 6.45) is 0. The minimum atomic E-state index is -0.362. The van der Waals surface area contributed by atoms with Gasteiger partial charge in [0.1, 0.15) is 5.82 Å². The standard InChI is InChI=1S/C16H14FNO/c1-11(2)14-5-3-4-6-15(14)18-16(19)12-7-9-13(17)10-8-12/h3-10H,1H2,2H3,(H,18,19). The van der Waals surface area contributed by atoms with Crippen LogP contribution in [0, 0.1) is 5.82 Å². The zero-order chi connectivity index (χ0) is 13.8. The topological polar surface area (TPSA) is 29.1 Å². The lowest BCUT2D eigenvalue weighted by molar-refractivity contribution is 0.102. The Kier molecular flexibility index (Phi) is 3.76. The molecule has 96 valence electrons. The summed E-state index contributed by atoms with van der Waals surface area (Å²) < 4.78 is 12.8. The number of carbonyl (C=O) groups is 1. The van der Waals surface area contributed by atoms with Gasteiger partial charge in [0.15, 0.2) is 0 Å². The first-order chi connectivity index (χ1) is 9.08. The van der Waals surface area contributed by atoms with Crippen LogP contribution in [0.3, 0.4) is 0 Å². The fraction of sp³-hybridized carbons (Fsp3) is 0.0625. The molecule has 0 unspecified atom stereocenters. The van der Waals surface area contributed by atoms with Gasteiger partial charge in [-0.05, 0) is 42.8 Å². The number of allylic oxidation sites excluding steroid dienone is 1. The molecule has 0 spiro atoms. The predicted octanol–water partition coefficient (Wildman–Crippen LogP) is 4.11. The maximum atomic E-state index is 12.8. The van der Waals surface area contributed by atoms with Crippen LogP contribution in [0.15, 0.2) is 55.1 Å². The number of nitrogens with one attached hydrogen (secondary N) is 1. The average molecular weight is 255 g/mol. The van der Waals surface area contributed by atoms with Crippen LogP contribution in [0.25, 0.3) is 5.57 Å². The Morgan fingerprint density at radius 2 is 1.74 bits per heavy atom. The van der Waals surface area contributed by atoms with E-state index in [1.807, 2.05) is 31.2 Å². The molecular formula is C16H14FNO. The van der Waals surface area contributed by atoms with Crippen LogP contribution in [0.5, 0.6) is 0 Å². The van der Waals surface area contributed by atoms with E-state index in [9.17, 15) is 9.18 Å². The number of hydrogen-bond donors (Lipinski definition) is 1. The molecule has 0 aliphatic carbocycles. The number of anilines is 1. The normalized spacial score (nSPS) is 10.0. The Labute approximate surface area is 111 Å². The van der Waals surface area contributed by atoms with Crippen molar-refractivity contribution in [2.45, 2.75) is 6.92 Å². The summed E-state index contributed by atoms with van der Waals surface area (Å²) in [7, 11) is 0. The first-order valence-electron chi connectivity index (χ1n) is 5.90. The zero-order valence-electron chi connectivity index (χ0n) is 10.6. The van der Waals surface area contributed by atoms with Crippen molar-refractivity contribution in [2.75, 3.05) is 5.32 Å². The summed E-state index contributed by atoms with van der Waals surface area (Å²) in [6, 6.07) is 12.9. The molecular weight excluding hydrogens is 241 g/mol. The second kappa shape index (κ2) is 5.48. The maximum Gasteiger partial charge on any atom is 0.255 e. The predicted molar refractivity (Wildman–Crippen MR) is 75.5 cm³/mol. The second-order valence-electron chi connectivity index (χ2n) is 4.29. The Balaban J connectivity index is 2.24. The van der Waals surface area contributed by atoms with Crippen molar-refractivity contribution in [1.82, 2.24) is 0 Å². The molecule has 0 fully saturated rings. The number of benzene rings is 2. The van der Waals surface area contributed by atoms with E-state index in [0.717, 1.165) is 11.1 Å². The monoisotopic (exact) mass is 255 g/mol. The number of amides is 1. The largest absolute Gasteiger partial charge is 0.321 e. The first-order valence-corrected chi connectivity index (χ1v) is 5.90. The molecule has 0 heterocycles. The van der Waals surface area contributed by atoms with Gasteiger partial charge in [0, 0.05) is 16.8 Å². The van der Waals surface area contributed by atoms with Crippen LogP contribution in [-0.2, 0) is 0 Å². The van der Waals surface area contributed by atoms with Gasteiger partial charge in [0.05, 0.1) is 0 Å². The second-order valence-corrected chi connectivity index (χ2v) is 4.29. The fourth-order valence-electron chi connectivity index (χ4n) is 1.76. The Bertz CT molecular complexity index is 617. The number of rotatable bonds is 3. The number of halogens is 1. The number of para-hydroxylation sites is 1. The third kappa shape index (κ3) is 3.07. The summed E-state index contributed by atoms with van der Waals surface area (Å²) in [5.74, 6) is -0.632. The van der Waals surface area contributed by atoms with E-state index >= 15 is 0 Å². The van der Waals surface area contributed by atoms with Crippen molar-refractivity contribution >= 4 is 17.2 Å². The highest BCUT2D eigenvalue weighted by molar-refractivity contribution is 6.05. The van der Waals surface area contributed by atoms with Crippen molar-refractivity contribution in [2.24, 2.45) is 0 Å². The molecule has 2 nitrogen and oxygen atoms in total. The molecule has 19 heavy (non-hydrogen) atoms. The first kappa shape index (κ1) is 13.0. The Morgan fingerprint density at radius 3 is 2.37 bits per heavy atom. The number of hydrogen-bond acceptors (Lipinski definition) is 1. The summed E-state index contributed by atoms with van der Waals surface area (Å²) in [5, 5.41) is 2.81. The highest BCUT2D eigenvalue weighted by atomic mass is 19.1. The van der Waals surface area contributed by atoms with Crippen LogP contribution >= 0.6 is 0 Å². The third-order valence-corrected chi connectivity index (χ3v) is 2.74. The smallest absolute Gasteiger partial charge is 0.255 e. The lowest BCUT2D eigenvalue weighted by Gasteiger charge is -2.10. The van der Waals surface area contributed by atoms with Gasteiger partial charge < -0.3 is 5.32 Å². The third-order valence-electron chi connectivity index (χ3n) is 2.74. The average Bonchev–Trinajstić information content (AvgIpc) is 2.39. The minimum Gasteiger partial charge on any atom is -0.321 e. The SMILES string of the molecule is C=C(C)c1ccccc1NC(=O)c1ccc(F)cc1. The summed E-state index contributed by atoms with van der Waals surface area (Å²) in [4.78, 5) is 12.0. The quantitative estimate of drug-likeness (QED) is 0.878. The van der Waals surface area contributed by atoms with E-state index in [4.69, 9.17) is 0 Å². The Hall–Kier alpha value is -2.42. The molecule has 0 radical (unpaired) electrons. The van der Waals surface area contributed by atoms with Gasteiger partial charge in [-0.15, -0.1) is 0 Å². The van der Waals surface area contributed by atoms with Gasteiger partial charge in [-0.1, -0.05) is 24.8 Å². The van der Waals surface area contributed by atoms with Gasteiger partial charge >= 0.3 is 0 Å². The fourth-order valence-corrected chi connectivity index (χ4v) is 1.76. The van der Waals surface area contributed by atoms with E-state index in [0.29, 0.717) is 11.3 Å². The molecule has 0 aliphatic rings. The van der Waals surface area contributed by atoms with E-state index in [-0.39, 0.29) is 11.7 Å². The Morgan fingerprint density at radius 1 is 1.11 bits per heavy atom. The molecule has 0 bridgehead atoms. The van der Waals surface area contributed by atoms with Crippen molar-refractivity contribution in [3.05, 3.63) is 72.1 Å². The summed E-state index contributed by atoms with van der Waals surface area (Å²) in [5.41, 5.74) is 2.87. The molecule has 3 heteroatoms. The van der Waals surface area contributed by atoms with Crippen molar-refractivity contribution in [1.29, 1.82) is 0 Å². The van der Waals surface area contributed by atoms with Crippen LogP contribution in [0.2, 0.25) is 0 Å². The molecule has 2 aromatic rings. The summed E-state index contributed by atoms with van der Waals surface area (Å²) >= 11 is 0. The lowest BCUT2D eigenvalue weighted by atomic mass is 10.1. The molecule has 0 aromatic heterocycles. The van der Waals surface area contributed by atoms with Crippen LogP contribution in [0.1, 0.15) is 22.8 Å². The van der Waals surface area contributed by atoms with E-state index < -0.39 is 0 Å². The maximum absolute atomic E-state index is 12.8. The molecule has 0 atom stereocenters. The zero-order valence-corrected chi connectivity index (χ0v) is 10.6. The lowest BCUT2D eigenvalue weighted by Crippen LogP contribution is -2.12.